The molecule has 1 aliphatic carbocycles. The van der Waals surface area contributed by atoms with Gasteiger partial charge in [-0.2, -0.15) is 0 Å². The average Bonchev–Trinajstić information content (AvgIpc) is 1.95. The Morgan fingerprint density at radius 3 is 1.21 bits per heavy atom. The van der Waals surface area contributed by atoms with Crippen molar-refractivity contribution in [2.24, 2.45) is 0 Å². The van der Waals surface area contributed by atoms with Crippen LogP contribution in [0.2, 0.25) is 26.8 Å². The molecule has 0 amide bonds. The summed E-state index contributed by atoms with van der Waals surface area (Å²) >= 11 is 0. The fourth-order valence-electron chi connectivity index (χ4n) is 1.61. The van der Waals surface area contributed by atoms with E-state index in [-0.39, 0.29) is 3.63 Å². The third kappa shape index (κ3) is 3.37. The van der Waals surface area contributed by atoms with Gasteiger partial charge in [0.15, 0.2) is 0 Å². The molecule has 0 fully saturated rings. The summed E-state index contributed by atoms with van der Waals surface area (Å²) in [6.07, 6.45) is 7.81. The predicted molar refractivity (Wildman–Crippen MR) is 68.9 cm³/mol. The molecule has 0 unspecified atom stereocenters. The maximum absolute atomic E-state index is 7.01. The van der Waals surface area contributed by atoms with Gasteiger partial charge in [-0.3, -0.25) is 0 Å². The Hall–Kier alpha value is 1.23. The maximum atomic E-state index is 7.01. The van der Waals surface area contributed by atoms with Crippen LogP contribution in [0.15, 0.2) is 24.3 Å². The van der Waals surface area contributed by atoms with Crippen LogP contribution in [-0.4, -0.2) is 0 Å². The molecule has 0 aromatic carbocycles. The van der Waals surface area contributed by atoms with Crippen molar-refractivity contribution in [1.29, 1.82) is 0 Å². The summed E-state index contributed by atoms with van der Waals surface area (Å²) in [6, 6.07) is 0. The standard InChI is InChI=1S/C5H5.5CH3.3ClH.Zr/c1-2-4-5-3-1;;;;;;;;;/h1-5H;5*1H3;3*1H;/q;;;;;;;;;+3/p-3. The van der Waals surface area contributed by atoms with Crippen LogP contribution in [-0.2, 0) is 9.27 Å². The zero-order valence-electron chi connectivity index (χ0n) is 9.52. The average molecular weight is 338 g/mol. The van der Waals surface area contributed by atoms with Gasteiger partial charge < -0.3 is 0 Å². The topological polar surface area (TPSA) is 0 Å². The van der Waals surface area contributed by atoms with Crippen LogP contribution < -0.4 is 0 Å². The van der Waals surface area contributed by atoms with Crippen LogP contribution in [0.5, 0.6) is 0 Å². The van der Waals surface area contributed by atoms with Gasteiger partial charge in [-0.15, -0.1) is 0 Å². The molecule has 4 heteroatoms. The van der Waals surface area contributed by atoms with Crippen LogP contribution in [0.3, 0.4) is 0 Å². The van der Waals surface area contributed by atoms with E-state index in [9.17, 15) is 0 Å². The van der Waals surface area contributed by atoms with E-state index in [0.29, 0.717) is 0 Å². The fourth-order valence-corrected chi connectivity index (χ4v) is 10.5. The van der Waals surface area contributed by atoms with Crippen LogP contribution in [0.4, 0.5) is 0 Å². The molecule has 14 heavy (non-hydrogen) atoms. The molecule has 85 valence electrons. The number of hydrogen-bond acceptors (Lipinski definition) is 0. The van der Waals surface area contributed by atoms with E-state index in [1.807, 2.05) is 47.5 Å². The molecule has 1 aliphatic rings. The van der Waals surface area contributed by atoms with Gasteiger partial charge in [0, 0.05) is 0 Å². The van der Waals surface area contributed by atoms with Gasteiger partial charge in [0.25, 0.3) is 0 Å². The molecule has 1 rings (SSSR count). The molecule has 0 aromatic heterocycles. The molecule has 0 bridgehead atoms. The molecule has 0 N–H and O–H groups in total. The second-order valence-corrected chi connectivity index (χ2v) is 109. The summed E-state index contributed by atoms with van der Waals surface area (Å²) in [5, 5.41) is 0. The van der Waals surface area contributed by atoms with Crippen molar-refractivity contribution in [2.45, 2.75) is 26.8 Å². The molecule has 0 radical (unpaired) electrons. The van der Waals surface area contributed by atoms with Gasteiger partial charge in [-0.05, 0) is 0 Å². The number of allylic oxidation sites excluding steroid dienone is 4. The Morgan fingerprint density at radius 1 is 0.786 bits per heavy atom. The van der Waals surface area contributed by atoms with Gasteiger partial charge in [-0.1, -0.05) is 0 Å². The molecule has 0 aromatic rings. The first-order valence-electron chi connectivity index (χ1n) is 5.02. The number of rotatable bonds is 1. The van der Waals surface area contributed by atoms with Gasteiger partial charge in [0.05, 0.1) is 0 Å². The minimum atomic E-state index is -5.96. The Bertz CT molecular complexity index is 387. The minimum absolute atomic E-state index is 0.157. The molecular weight excluding hydrogens is 318 g/mol. The van der Waals surface area contributed by atoms with Gasteiger partial charge >= 0.3 is 85.9 Å². The Balaban J connectivity index is 3.92. The van der Waals surface area contributed by atoms with Crippen molar-refractivity contribution in [1.82, 2.24) is 0 Å². The SMILES string of the molecule is [CH3][Zr]([CH3])([CH3])([CH3])([CH3])([Cl])([Cl])([Cl])[CH]1C=CC=C1. The second-order valence-electron chi connectivity index (χ2n) is 11.1. The van der Waals surface area contributed by atoms with Crippen LogP contribution in [0, 0.1) is 0 Å². The summed E-state index contributed by atoms with van der Waals surface area (Å²) in [5.41, 5.74) is 0. The third-order valence-electron chi connectivity index (χ3n) is 2.79. The monoisotopic (exact) mass is 335 g/mol. The zero-order chi connectivity index (χ0) is 11.7. The van der Waals surface area contributed by atoms with E-state index in [4.69, 9.17) is 25.5 Å². The van der Waals surface area contributed by atoms with Gasteiger partial charge in [0.1, 0.15) is 0 Å². The summed E-state index contributed by atoms with van der Waals surface area (Å²) in [5.74, 6) is 0. The molecule has 0 spiro atoms. The van der Waals surface area contributed by atoms with Crippen LogP contribution in [0.1, 0.15) is 0 Å². The third-order valence-corrected chi connectivity index (χ3v) is 18.3. The molecule has 0 saturated carbocycles. The van der Waals surface area contributed by atoms with Crippen molar-refractivity contribution in [3.63, 3.8) is 0 Å². The molecule has 0 saturated heterocycles. The van der Waals surface area contributed by atoms with E-state index in [1.165, 1.54) is 0 Å². The molecule has 0 heterocycles. The predicted octanol–water partition coefficient (Wildman–Crippen LogP) is 6.44. The van der Waals surface area contributed by atoms with Gasteiger partial charge in [-0.25, -0.2) is 0 Å². The first-order valence-corrected chi connectivity index (χ1v) is 28.2. The van der Waals surface area contributed by atoms with E-state index in [2.05, 4.69) is 0 Å². The van der Waals surface area contributed by atoms with E-state index in [0.717, 1.165) is 0 Å². The summed E-state index contributed by atoms with van der Waals surface area (Å²) in [7, 11) is 15.1. The summed E-state index contributed by atoms with van der Waals surface area (Å²) in [6.45, 7) is 0. The summed E-state index contributed by atoms with van der Waals surface area (Å²) < 4.78 is 8.97. The Labute approximate surface area is 85.0 Å². The number of hydrogen-bond donors (Lipinski definition) is 0. The first-order chi connectivity index (χ1) is 5.18. The molecule has 0 nitrogen and oxygen atoms in total. The molecular formula is C10H20Cl3Zr. The van der Waals surface area contributed by atoms with E-state index < -0.39 is 9.27 Å². The first kappa shape index (κ1) is 13.3. The van der Waals surface area contributed by atoms with Crippen molar-refractivity contribution >= 4 is 25.5 Å². The number of halogens is 3. The molecule has 0 aliphatic heterocycles. The fraction of sp³-hybridized carbons (Fsp3) is 0.600. The van der Waals surface area contributed by atoms with Crippen molar-refractivity contribution in [3.05, 3.63) is 24.3 Å². The summed E-state index contributed by atoms with van der Waals surface area (Å²) in [4.78, 5) is 0. The van der Waals surface area contributed by atoms with Crippen molar-refractivity contribution < 1.29 is 9.27 Å². The normalized spacial score (nSPS) is 33.3. The van der Waals surface area contributed by atoms with Gasteiger partial charge in [0.2, 0.25) is 0 Å². The van der Waals surface area contributed by atoms with E-state index >= 15 is 0 Å². The quantitative estimate of drug-likeness (QED) is 0.516. The zero-order valence-corrected chi connectivity index (χ0v) is 14.2. The van der Waals surface area contributed by atoms with Crippen LogP contribution in [0.25, 0.3) is 0 Å². The van der Waals surface area contributed by atoms with Crippen LogP contribution >= 0.6 is 25.5 Å². The van der Waals surface area contributed by atoms with Crippen molar-refractivity contribution in [3.8, 4) is 0 Å². The second kappa shape index (κ2) is 1.27. The Kier molecular flexibility index (Phi) is 1.21. The Morgan fingerprint density at radius 2 is 1.07 bits per heavy atom. The molecule has 0 atom stereocenters. The van der Waals surface area contributed by atoms with E-state index in [1.54, 1.807) is 0 Å². The van der Waals surface area contributed by atoms with Crippen molar-refractivity contribution in [2.75, 3.05) is 0 Å².